The quantitative estimate of drug-likeness (QED) is 0.161. The van der Waals surface area contributed by atoms with E-state index in [4.69, 9.17) is 29.9 Å². The van der Waals surface area contributed by atoms with Crippen LogP contribution in [0.4, 0.5) is 0 Å². The maximum atomic E-state index is 5.95. The minimum Gasteiger partial charge on any atom is -0.324 e. The van der Waals surface area contributed by atoms with Crippen LogP contribution in [0, 0.1) is 0 Å². The van der Waals surface area contributed by atoms with Gasteiger partial charge in [-0.3, -0.25) is 0 Å². The van der Waals surface area contributed by atoms with Crippen molar-refractivity contribution in [3.63, 3.8) is 0 Å². The van der Waals surface area contributed by atoms with Gasteiger partial charge in [-0.2, -0.15) is 0 Å². The lowest BCUT2D eigenvalue weighted by Gasteiger charge is -2.28. The first-order chi connectivity index (χ1) is 44.3. The summed E-state index contributed by atoms with van der Waals surface area (Å²) in [7, 11) is 0. The fourth-order valence-corrected chi connectivity index (χ4v) is 13.8. The molecule has 8 heteroatoms. The fraction of sp³-hybridized carbons (Fsp3) is 0.302. The number of hydrogen-bond acceptors (Lipinski definition) is 6. The lowest BCUT2D eigenvalue weighted by molar-refractivity contribution is 0.590. The minimum absolute atomic E-state index is 0.0783. The van der Waals surface area contributed by atoms with E-state index in [0.29, 0.717) is 45.9 Å². The molecule has 0 amide bonds. The molecular formula is C86H88N8. The van der Waals surface area contributed by atoms with Crippen molar-refractivity contribution in [1.82, 2.24) is 39.9 Å². The highest BCUT2D eigenvalue weighted by Gasteiger charge is 2.33. The summed E-state index contributed by atoms with van der Waals surface area (Å²) in [6, 6.07) is 58.7. The van der Waals surface area contributed by atoms with Gasteiger partial charge >= 0.3 is 0 Å². The third-order valence-electron chi connectivity index (χ3n) is 19.6. The summed E-state index contributed by atoms with van der Waals surface area (Å²) in [6.07, 6.45) is 9.31. The Labute approximate surface area is 555 Å². The van der Waals surface area contributed by atoms with Crippen LogP contribution in [-0.2, 0) is 32.5 Å². The van der Waals surface area contributed by atoms with E-state index in [-0.39, 0.29) is 44.3 Å². The Hall–Kier alpha value is -9.40. The highest BCUT2D eigenvalue weighted by atomic mass is 15.1. The average Bonchev–Trinajstić information content (AvgIpc) is 1.55. The van der Waals surface area contributed by atoms with Gasteiger partial charge in [-0.25, -0.2) is 29.9 Å². The normalized spacial score (nSPS) is 16.0. The van der Waals surface area contributed by atoms with Gasteiger partial charge in [0.2, 0.25) is 0 Å². The summed E-state index contributed by atoms with van der Waals surface area (Å²) in [5, 5.41) is 1.90. The van der Waals surface area contributed by atoms with E-state index in [9.17, 15) is 0 Å². The van der Waals surface area contributed by atoms with Crippen LogP contribution in [0.5, 0.6) is 0 Å². The molecule has 2 N–H and O–H groups in total. The highest BCUT2D eigenvalue weighted by Crippen LogP contribution is 2.48. The second kappa shape index (κ2) is 22.1. The Kier molecular flexibility index (Phi) is 14.6. The number of fused-ring (bicyclic) bond motifs is 11. The summed E-state index contributed by atoms with van der Waals surface area (Å²) in [5.74, 6) is 2.41. The molecule has 3 aromatic heterocycles. The number of aromatic amines is 2. The van der Waals surface area contributed by atoms with E-state index in [2.05, 4.69) is 317 Å². The Bertz CT molecular complexity index is 4660. The molecule has 0 unspecified atom stereocenters. The van der Waals surface area contributed by atoms with E-state index in [0.717, 1.165) is 77.6 Å². The molecule has 0 saturated heterocycles. The minimum atomic E-state index is -0.0889. The zero-order valence-electron chi connectivity index (χ0n) is 58.2. The van der Waals surface area contributed by atoms with Crippen LogP contribution in [0.25, 0.3) is 77.9 Å². The van der Waals surface area contributed by atoms with Gasteiger partial charge in [0.15, 0.2) is 23.3 Å². The SMILES string of the molecule is CC(C)(C)c1ccc(C2=C(c3ccc(C(C)(C)C)cc3)c3nc2nc2[nH]c(nc4nc(nc5[nH]c(n3)c3cc6c(cc53)C3C=CC6C=C3)C(c3ccc(C(C)(C)C)cc3)=C4c3ccc(C(C)(C)C)cc3)c(-c3ccc(C(C)(C)C)cc3)c2-c2ccc(C(C)(C)C)cc2)cc1. The maximum Gasteiger partial charge on any atom is 0.165 e. The molecular weight excluding hydrogens is 1150 g/mol. The molecule has 10 bridgehead atoms. The lowest BCUT2D eigenvalue weighted by Crippen LogP contribution is -2.11. The van der Waals surface area contributed by atoms with Crippen molar-refractivity contribution in [2.75, 3.05) is 0 Å². The molecule has 0 atom stereocenters. The number of rotatable bonds is 6. The van der Waals surface area contributed by atoms with Gasteiger partial charge in [-0.05, 0) is 123 Å². The number of benzene rings is 7. The second-order valence-electron chi connectivity index (χ2n) is 32.7. The summed E-state index contributed by atoms with van der Waals surface area (Å²) in [5.41, 5.74) is 23.1. The van der Waals surface area contributed by atoms with Gasteiger partial charge in [0, 0.05) is 56.0 Å². The topological polar surface area (TPSA) is 109 Å². The van der Waals surface area contributed by atoms with Crippen molar-refractivity contribution < 1.29 is 0 Å². The first-order valence-electron chi connectivity index (χ1n) is 33.6. The fourth-order valence-electron chi connectivity index (χ4n) is 13.8. The molecule has 0 radical (unpaired) electrons. The number of hydrogen-bond donors (Lipinski definition) is 2. The molecule has 10 aromatic rings. The van der Waals surface area contributed by atoms with Crippen LogP contribution < -0.4 is 0 Å². The third kappa shape index (κ3) is 11.3. The molecule has 0 fully saturated rings. The van der Waals surface area contributed by atoms with E-state index >= 15 is 0 Å². The van der Waals surface area contributed by atoms with Gasteiger partial charge in [0.25, 0.3) is 0 Å². The molecule has 5 heterocycles. The van der Waals surface area contributed by atoms with E-state index in [1.807, 2.05) is 0 Å². The first-order valence-corrected chi connectivity index (χ1v) is 33.6. The van der Waals surface area contributed by atoms with Crippen LogP contribution in [0.15, 0.2) is 182 Å². The van der Waals surface area contributed by atoms with E-state index < -0.39 is 0 Å². The van der Waals surface area contributed by atoms with Crippen molar-refractivity contribution in [1.29, 1.82) is 0 Å². The predicted octanol–water partition coefficient (Wildman–Crippen LogP) is 21.5. The zero-order valence-corrected chi connectivity index (χ0v) is 58.2. The summed E-state index contributed by atoms with van der Waals surface area (Å²) >= 11 is 0. The molecule has 472 valence electrons. The van der Waals surface area contributed by atoms with Crippen molar-refractivity contribution in [2.45, 2.75) is 169 Å². The smallest absolute Gasteiger partial charge is 0.165 e. The molecule has 5 aliphatic rings. The Morgan fingerprint density at radius 1 is 0.245 bits per heavy atom. The van der Waals surface area contributed by atoms with Gasteiger partial charge in [-0.1, -0.05) is 295 Å². The van der Waals surface area contributed by atoms with E-state index in [1.54, 1.807) is 0 Å². The van der Waals surface area contributed by atoms with Crippen LogP contribution in [0.1, 0.15) is 227 Å². The van der Waals surface area contributed by atoms with Gasteiger partial charge < -0.3 is 9.97 Å². The van der Waals surface area contributed by atoms with Gasteiger partial charge in [0.05, 0.1) is 0 Å². The Morgan fingerprint density at radius 2 is 0.447 bits per heavy atom. The summed E-state index contributed by atoms with van der Waals surface area (Å²) < 4.78 is 0. The van der Waals surface area contributed by atoms with Crippen LogP contribution in [0.2, 0.25) is 0 Å². The maximum absolute atomic E-state index is 5.95. The highest BCUT2D eigenvalue weighted by molar-refractivity contribution is 6.10. The van der Waals surface area contributed by atoms with Gasteiger partial charge in [0.1, 0.15) is 22.6 Å². The molecule has 0 saturated carbocycles. The third-order valence-corrected chi connectivity index (χ3v) is 19.6. The Balaban J connectivity index is 1.20. The zero-order chi connectivity index (χ0) is 66.3. The van der Waals surface area contributed by atoms with Crippen LogP contribution in [-0.4, -0.2) is 39.9 Å². The molecule has 94 heavy (non-hydrogen) atoms. The van der Waals surface area contributed by atoms with Crippen molar-refractivity contribution in [3.8, 4) is 22.3 Å². The molecule has 7 aromatic carbocycles. The van der Waals surface area contributed by atoms with Crippen molar-refractivity contribution in [2.24, 2.45) is 0 Å². The number of H-pyrrole nitrogens is 2. The van der Waals surface area contributed by atoms with Crippen LogP contribution in [0.3, 0.4) is 0 Å². The van der Waals surface area contributed by atoms with Crippen LogP contribution >= 0.6 is 0 Å². The standard InChI is InChI=1S/C86H88N8/c1-81(2,3)57-35-23-51(24-36-57)67-69(53-27-39-59(40-28-53)83(7,8)9)77-90-75(67)88-73-65-47-63-49-19-21-50(22-20-49)64(63)48-66(65)74(87-73)89-76-68(52-25-37-58(38-26-52)82(4,5)6)70(54-29-41-60(42-30-54)84(10,11)12)78(91-76)93-80-72(56-33-45-62(46-34-56)86(16,17)18)71(79(92-77)94-80)55-31-43-61(44-32-55)85(13,14)15/h19-50H,1-18H3,(H2,87,88,89,90,91,92,93,94). The average molecular weight is 1230 g/mol. The van der Waals surface area contributed by atoms with Crippen molar-refractivity contribution in [3.05, 3.63) is 272 Å². The Morgan fingerprint density at radius 3 is 0.670 bits per heavy atom. The monoisotopic (exact) mass is 1230 g/mol. The number of aromatic nitrogens is 8. The number of nitrogens with zero attached hydrogens (tertiary/aromatic N) is 6. The number of nitrogens with one attached hydrogen (secondary N) is 2. The molecule has 3 aliphatic carbocycles. The summed E-state index contributed by atoms with van der Waals surface area (Å²) in [6.45, 7) is 40.7. The first kappa shape index (κ1) is 62.1. The molecule has 8 nitrogen and oxygen atoms in total. The second-order valence-corrected chi connectivity index (χ2v) is 32.7. The predicted molar refractivity (Wildman–Crippen MR) is 392 cm³/mol. The summed E-state index contributed by atoms with van der Waals surface area (Å²) in [4.78, 5) is 43.0. The lowest BCUT2D eigenvalue weighted by atomic mass is 9.76. The van der Waals surface area contributed by atoms with E-state index in [1.165, 1.54) is 44.5 Å². The molecule has 15 rings (SSSR count). The number of allylic oxidation sites excluding steroid dienone is 4. The molecule has 2 aliphatic heterocycles. The van der Waals surface area contributed by atoms with Crippen molar-refractivity contribution >= 4 is 55.7 Å². The van der Waals surface area contributed by atoms with Gasteiger partial charge in [-0.15, -0.1) is 0 Å². The largest absolute Gasteiger partial charge is 0.324 e. The molecule has 0 spiro atoms.